The van der Waals surface area contributed by atoms with E-state index in [1.54, 1.807) is 0 Å². The lowest BCUT2D eigenvalue weighted by Crippen LogP contribution is -2.33. The Kier molecular flexibility index (Phi) is 4.36. The summed E-state index contributed by atoms with van der Waals surface area (Å²) < 4.78 is 0. The fourth-order valence-electron chi connectivity index (χ4n) is 1.14. The molecular weight excluding hydrogens is 238 g/mol. The minimum atomic E-state index is -1.10. The molecule has 1 aromatic rings. The number of hydrogen-bond acceptors (Lipinski definition) is 4. The first kappa shape index (κ1) is 13.6. The van der Waals surface area contributed by atoms with Crippen molar-refractivity contribution in [3.8, 4) is 0 Å². The predicted octanol–water partition coefficient (Wildman–Crippen LogP) is 0.197. The van der Waals surface area contributed by atoms with Crippen molar-refractivity contribution < 1.29 is 19.5 Å². The number of aromatic carboxylic acids is 1. The molecule has 0 aliphatic rings. The van der Waals surface area contributed by atoms with Crippen molar-refractivity contribution in [1.29, 1.82) is 0 Å². The fourth-order valence-corrected chi connectivity index (χ4v) is 1.14. The van der Waals surface area contributed by atoms with Gasteiger partial charge in [-0.3, -0.25) is 9.59 Å². The van der Waals surface area contributed by atoms with Crippen LogP contribution in [0.3, 0.4) is 0 Å². The minimum absolute atomic E-state index is 0.0280. The van der Waals surface area contributed by atoms with Crippen LogP contribution in [0.4, 0.5) is 5.82 Å². The van der Waals surface area contributed by atoms with Gasteiger partial charge >= 0.3 is 5.97 Å². The summed E-state index contributed by atoms with van der Waals surface area (Å²) in [6, 6.07) is 2.56. The van der Waals surface area contributed by atoms with Crippen LogP contribution in [0.25, 0.3) is 0 Å². The standard InChI is InChI=1S/C11H13N3O4/c1-7(15)14(2)6-10(16)13-9-5-8(11(17)18)3-4-12-9/h3-5H,6H2,1-2H3,(H,17,18)(H,12,13,16). The number of likely N-dealkylation sites (N-methyl/N-ethyl adjacent to an activating group) is 1. The number of carboxylic acids is 1. The van der Waals surface area contributed by atoms with Gasteiger partial charge in [0.2, 0.25) is 11.8 Å². The lowest BCUT2D eigenvalue weighted by Gasteiger charge is -2.13. The van der Waals surface area contributed by atoms with E-state index < -0.39 is 11.9 Å². The van der Waals surface area contributed by atoms with Gasteiger partial charge in [-0.15, -0.1) is 0 Å². The largest absolute Gasteiger partial charge is 0.478 e. The molecule has 0 radical (unpaired) electrons. The summed E-state index contributed by atoms with van der Waals surface area (Å²) in [5, 5.41) is 11.2. The van der Waals surface area contributed by atoms with E-state index in [2.05, 4.69) is 10.3 Å². The molecule has 0 spiro atoms. The normalized spacial score (nSPS) is 9.67. The number of pyridine rings is 1. The van der Waals surface area contributed by atoms with Crippen molar-refractivity contribution in [3.63, 3.8) is 0 Å². The van der Waals surface area contributed by atoms with Crippen LogP contribution in [0.2, 0.25) is 0 Å². The minimum Gasteiger partial charge on any atom is -0.478 e. The Morgan fingerprint density at radius 2 is 2.11 bits per heavy atom. The molecule has 0 aromatic carbocycles. The molecule has 0 aliphatic carbocycles. The fraction of sp³-hybridized carbons (Fsp3) is 0.273. The Morgan fingerprint density at radius 3 is 2.67 bits per heavy atom. The molecule has 0 saturated heterocycles. The van der Waals surface area contributed by atoms with E-state index >= 15 is 0 Å². The number of carboxylic acid groups (broad SMARTS) is 1. The molecule has 0 fully saturated rings. The van der Waals surface area contributed by atoms with Gasteiger partial charge < -0.3 is 15.3 Å². The van der Waals surface area contributed by atoms with E-state index in [1.807, 2.05) is 0 Å². The summed E-state index contributed by atoms with van der Waals surface area (Å²) in [5.41, 5.74) is 0.0280. The molecule has 0 bridgehead atoms. The second-order valence-electron chi connectivity index (χ2n) is 3.66. The van der Waals surface area contributed by atoms with Crippen molar-refractivity contribution in [1.82, 2.24) is 9.88 Å². The van der Waals surface area contributed by atoms with Crippen LogP contribution < -0.4 is 5.32 Å². The third-order valence-corrected chi connectivity index (χ3v) is 2.19. The number of carbonyl (C=O) groups is 3. The van der Waals surface area contributed by atoms with Gasteiger partial charge in [-0.25, -0.2) is 9.78 Å². The molecule has 96 valence electrons. The molecule has 7 nitrogen and oxygen atoms in total. The van der Waals surface area contributed by atoms with Gasteiger partial charge in [-0.1, -0.05) is 0 Å². The van der Waals surface area contributed by atoms with E-state index in [4.69, 9.17) is 5.11 Å². The van der Waals surface area contributed by atoms with Gasteiger partial charge in [0.25, 0.3) is 0 Å². The van der Waals surface area contributed by atoms with Crippen molar-refractivity contribution >= 4 is 23.6 Å². The van der Waals surface area contributed by atoms with Gasteiger partial charge in [0, 0.05) is 20.2 Å². The highest BCUT2D eigenvalue weighted by Gasteiger charge is 2.10. The van der Waals surface area contributed by atoms with Gasteiger partial charge in [-0.2, -0.15) is 0 Å². The lowest BCUT2D eigenvalue weighted by molar-refractivity contribution is -0.131. The van der Waals surface area contributed by atoms with Crippen molar-refractivity contribution in [2.24, 2.45) is 0 Å². The van der Waals surface area contributed by atoms with Crippen LogP contribution in [0, 0.1) is 0 Å². The number of anilines is 1. The van der Waals surface area contributed by atoms with Crippen LogP contribution in [0.5, 0.6) is 0 Å². The SMILES string of the molecule is CC(=O)N(C)CC(=O)Nc1cc(C(=O)O)ccn1. The van der Waals surface area contributed by atoms with Crippen LogP contribution in [0.15, 0.2) is 18.3 Å². The summed E-state index contributed by atoms with van der Waals surface area (Å²) in [6.07, 6.45) is 1.29. The van der Waals surface area contributed by atoms with Gasteiger partial charge in [-0.05, 0) is 12.1 Å². The molecule has 1 heterocycles. The Bertz CT molecular complexity index is 487. The van der Waals surface area contributed by atoms with Crippen LogP contribution >= 0.6 is 0 Å². The Labute approximate surface area is 103 Å². The Morgan fingerprint density at radius 1 is 1.44 bits per heavy atom. The highest BCUT2D eigenvalue weighted by atomic mass is 16.4. The summed E-state index contributed by atoms with van der Waals surface area (Å²) in [5.74, 6) is -1.65. The van der Waals surface area contributed by atoms with Crippen LogP contribution in [0.1, 0.15) is 17.3 Å². The lowest BCUT2D eigenvalue weighted by atomic mass is 10.2. The average Bonchev–Trinajstić information content (AvgIpc) is 2.28. The molecule has 18 heavy (non-hydrogen) atoms. The maximum Gasteiger partial charge on any atom is 0.335 e. The first-order valence-electron chi connectivity index (χ1n) is 5.11. The van der Waals surface area contributed by atoms with E-state index in [0.717, 1.165) is 0 Å². The first-order valence-corrected chi connectivity index (χ1v) is 5.11. The summed E-state index contributed by atoms with van der Waals surface area (Å²) in [4.78, 5) is 38.2. The maximum atomic E-state index is 11.5. The summed E-state index contributed by atoms with van der Waals surface area (Å²) in [6.45, 7) is 1.23. The summed E-state index contributed by atoms with van der Waals surface area (Å²) in [7, 11) is 1.49. The van der Waals surface area contributed by atoms with E-state index in [0.29, 0.717) is 0 Å². The number of carbonyl (C=O) groups excluding carboxylic acids is 2. The van der Waals surface area contributed by atoms with E-state index in [1.165, 1.54) is 37.2 Å². The topological polar surface area (TPSA) is 99.6 Å². The Balaban J connectivity index is 2.67. The molecule has 0 saturated carbocycles. The van der Waals surface area contributed by atoms with Crippen LogP contribution in [-0.2, 0) is 9.59 Å². The highest BCUT2D eigenvalue weighted by molar-refractivity contribution is 5.95. The molecule has 0 unspecified atom stereocenters. The quantitative estimate of drug-likeness (QED) is 0.796. The molecule has 1 aromatic heterocycles. The molecule has 0 aliphatic heterocycles. The zero-order valence-corrected chi connectivity index (χ0v) is 10.0. The molecular formula is C11H13N3O4. The van der Waals surface area contributed by atoms with Gasteiger partial charge in [0.05, 0.1) is 12.1 Å². The zero-order valence-electron chi connectivity index (χ0n) is 10.0. The molecule has 7 heteroatoms. The number of rotatable bonds is 4. The Hall–Kier alpha value is -2.44. The maximum absolute atomic E-state index is 11.5. The number of aromatic nitrogens is 1. The van der Waals surface area contributed by atoms with Crippen molar-refractivity contribution in [3.05, 3.63) is 23.9 Å². The third-order valence-electron chi connectivity index (χ3n) is 2.19. The zero-order chi connectivity index (χ0) is 13.7. The first-order chi connectivity index (χ1) is 8.40. The highest BCUT2D eigenvalue weighted by Crippen LogP contribution is 2.06. The number of hydrogen-bond donors (Lipinski definition) is 2. The average molecular weight is 251 g/mol. The molecule has 2 N–H and O–H groups in total. The number of amides is 2. The summed E-state index contributed by atoms with van der Waals surface area (Å²) >= 11 is 0. The van der Waals surface area contributed by atoms with Gasteiger partial charge in [0.15, 0.2) is 0 Å². The predicted molar refractivity (Wildman–Crippen MR) is 63.1 cm³/mol. The monoisotopic (exact) mass is 251 g/mol. The number of nitrogens with one attached hydrogen (secondary N) is 1. The van der Waals surface area contributed by atoms with E-state index in [9.17, 15) is 14.4 Å². The molecule has 2 amide bonds. The van der Waals surface area contributed by atoms with Crippen molar-refractivity contribution in [2.45, 2.75) is 6.92 Å². The second-order valence-corrected chi connectivity index (χ2v) is 3.66. The molecule has 1 rings (SSSR count). The van der Waals surface area contributed by atoms with Crippen LogP contribution in [-0.4, -0.2) is 46.4 Å². The van der Waals surface area contributed by atoms with Gasteiger partial charge in [0.1, 0.15) is 5.82 Å². The smallest absolute Gasteiger partial charge is 0.335 e. The van der Waals surface area contributed by atoms with Crippen molar-refractivity contribution in [2.75, 3.05) is 18.9 Å². The van der Waals surface area contributed by atoms with E-state index in [-0.39, 0.29) is 23.8 Å². The number of nitrogens with zero attached hydrogens (tertiary/aromatic N) is 2. The second kappa shape index (κ2) is 5.76. The molecule has 0 atom stereocenters. The third kappa shape index (κ3) is 3.85.